The van der Waals surface area contributed by atoms with Crippen LogP contribution in [0.15, 0.2) is 28.7 Å². The molecule has 4 heteroatoms. The van der Waals surface area contributed by atoms with Gasteiger partial charge in [0.1, 0.15) is 0 Å². The van der Waals surface area contributed by atoms with Crippen LogP contribution in [-0.2, 0) is 11.3 Å². The van der Waals surface area contributed by atoms with Crippen molar-refractivity contribution in [2.45, 2.75) is 19.4 Å². The summed E-state index contributed by atoms with van der Waals surface area (Å²) < 4.78 is 1.04. The third-order valence-electron chi connectivity index (χ3n) is 3.41. The molecule has 1 aromatic rings. The van der Waals surface area contributed by atoms with Gasteiger partial charge in [0, 0.05) is 24.6 Å². The van der Waals surface area contributed by atoms with Crippen LogP contribution < -0.4 is 5.73 Å². The van der Waals surface area contributed by atoms with E-state index in [0.717, 1.165) is 22.9 Å². The summed E-state index contributed by atoms with van der Waals surface area (Å²) in [5.74, 6) is 0.177. The summed E-state index contributed by atoms with van der Waals surface area (Å²) in [6.45, 7) is 1.09. The van der Waals surface area contributed by atoms with E-state index in [1.54, 1.807) is 4.90 Å². The zero-order valence-corrected chi connectivity index (χ0v) is 11.5. The summed E-state index contributed by atoms with van der Waals surface area (Å²) in [6.07, 6.45) is 1.87. The van der Waals surface area contributed by atoms with E-state index in [0.29, 0.717) is 13.1 Å². The molecule has 2 N–H and O–H groups in total. The number of amides is 1. The molecule has 0 radical (unpaired) electrons. The Kier molecular flexibility index (Phi) is 3.54. The second-order valence-electron chi connectivity index (χ2n) is 4.74. The summed E-state index contributed by atoms with van der Waals surface area (Å²) in [5.41, 5.74) is 6.54. The number of hydrogen-bond donors (Lipinski definition) is 1. The van der Waals surface area contributed by atoms with Gasteiger partial charge in [-0.25, -0.2) is 0 Å². The fourth-order valence-electron chi connectivity index (χ4n) is 2.02. The van der Waals surface area contributed by atoms with Crippen LogP contribution in [0.2, 0.25) is 0 Å². The number of halogens is 1. The Bertz CT molecular complexity index is 429. The smallest absolute Gasteiger partial charge is 0.230 e. The van der Waals surface area contributed by atoms with Crippen LogP contribution >= 0.6 is 15.9 Å². The number of nitrogens with zero attached hydrogens (tertiary/aromatic N) is 1. The summed E-state index contributed by atoms with van der Waals surface area (Å²) in [6, 6.07) is 7.96. The number of carbonyl (C=O) groups excluding carboxylic acids is 1. The van der Waals surface area contributed by atoms with Crippen LogP contribution in [0.25, 0.3) is 0 Å². The highest BCUT2D eigenvalue weighted by Gasteiger charge is 2.49. The number of hydrogen-bond acceptors (Lipinski definition) is 2. The summed E-state index contributed by atoms with van der Waals surface area (Å²) in [7, 11) is 1.84. The Hall–Kier alpha value is -0.870. The van der Waals surface area contributed by atoms with Crippen LogP contribution in [-0.4, -0.2) is 24.4 Å². The van der Waals surface area contributed by atoms with E-state index in [1.807, 2.05) is 31.3 Å². The van der Waals surface area contributed by atoms with Gasteiger partial charge in [0.2, 0.25) is 5.91 Å². The normalized spacial score (nSPS) is 16.6. The minimum atomic E-state index is -0.254. The molecule has 0 bridgehead atoms. The van der Waals surface area contributed by atoms with Gasteiger partial charge < -0.3 is 10.6 Å². The lowest BCUT2D eigenvalue weighted by Gasteiger charge is -2.23. The molecule has 1 fully saturated rings. The Balaban J connectivity index is 2.05. The third kappa shape index (κ3) is 2.53. The van der Waals surface area contributed by atoms with E-state index in [2.05, 4.69) is 15.9 Å². The highest BCUT2D eigenvalue weighted by atomic mass is 79.9. The zero-order valence-electron chi connectivity index (χ0n) is 9.95. The second-order valence-corrected chi connectivity index (χ2v) is 5.59. The van der Waals surface area contributed by atoms with Crippen LogP contribution in [0.1, 0.15) is 18.4 Å². The average Bonchev–Trinajstić information content (AvgIpc) is 3.12. The van der Waals surface area contributed by atoms with Crippen LogP contribution in [0.3, 0.4) is 0 Å². The summed E-state index contributed by atoms with van der Waals surface area (Å²) >= 11 is 3.49. The lowest BCUT2D eigenvalue weighted by molar-refractivity contribution is -0.135. The van der Waals surface area contributed by atoms with Crippen molar-refractivity contribution in [3.63, 3.8) is 0 Å². The van der Waals surface area contributed by atoms with Gasteiger partial charge in [-0.1, -0.05) is 34.1 Å². The monoisotopic (exact) mass is 296 g/mol. The number of nitrogens with two attached hydrogens (primary N) is 1. The van der Waals surface area contributed by atoms with Crippen molar-refractivity contribution >= 4 is 21.8 Å². The van der Waals surface area contributed by atoms with Gasteiger partial charge in [0.25, 0.3) is 0 Å². The Morgan fingerprint density at radius 3 is 2.65 bits per heavy atom. The molecule has 0 aromatic heterocycles. The predicted octanol–water partition coefficient (Wildman–Crippen LogP) is 2.15. The van der Waals surface area contributed by atoms with Crippen molar-refractivity contribution in [2.75, 3.05) is 13.6 Å². The van der Waals surface area contributed by atoms with E-state index >= 15 is 0 Å². The molecule has 0 atom stereocenters. The molecule has 1 amide bonds. The first kappa shape index (κ1) is 12.6. The predicted molar refractivity (Wildman–Crippen MR) is 71.3 cm³/mol. The molecular formula is C13H17BrN2O. The van der Waals surface area contributed by atoms with Crippen LogP contribution in [0, 0.1) is 5.41 Å². The first-order valence-electron chi connectivity index (χ1n) is 5.78. The molecule has 92 valence electrons. The molecule has 1 aliphatic rings. The SMILES string of the molecule is CN(Cc1ccccc1Br)C(=O)C1(CN)CC1. The maximum absolute atomic E-state index is 12.2. The van der Waals surface area contributed by atoms with Crippen molar-refractivity contribution in [1.82, 2.24) is 4.90 Å². The van der Waals surface area contributed by atoms with Crippen molar-refractivity contribution in [3.8, 4) is 0 Å². The molecule has 0 saturated heterocycles. The molecule has 0 aliphatic heterocycles. The average molecular weight is 297 g/mol. The minimum Gasteiger partial charge on any atom is -0.341 e. The van der Waals surface area contributed by atoms with Gasteiger partial charge in [0.15, 0.2) is 0 Å². The second kappa shape index (κ2) is 4.78. The molecule has 1 aliphatic carbocycles. The zero-order chi connectivity index (χ0) is 12.5. The Morgan fingerprint density at radius 1 is 1.47 bits per heavy atom. The summed E-state index contributed by atoms with van der Waals surface area (Å²) in [5, 5.41) is 0. The number of benzene rings is 1. The fraction of sp³-hybridized carbons (Fsp3) is 0.462. The topological polar surface area (TPSA) is 46.3 Å². The highest BCUT2D eigenvalue weighted by Crippen LogP contribution is 2.46. The van der Waals surface area contributed by atoms with E-state index < -0.39 is 0 Å². The van der Waals surface area contributed by atoms with Gasteiger partial charge in [-0.2, -0.15) is 0 Å². The van der Waals surface area contributed by atoms with Crippen molar-refractivity contribution in [1.29, 1.82) is 0 Å². The number of rotatable bonds is 4. The first-order valence-corrected chi connectivity index (χ1v) is 6.57. The van der Waals surface area contributed by atoms with Crippen molar-refractivity contribution in [2.24, 2.45) is 11.1 Å². The largest absolute Gasteiger partial charge is 0.341 e. The molecule has 0 heterocycles. The van der Waals surface area contributed by atoms with Crippen LogP contribution in [0.4, 0.5) is 0 Å². The molecular weight excluding hydrogens is 280 g/mol. The lowest BCUT2D eigenvalue weighted by Crippen LogP contribution is -2.37. The van der Waals surface area contributed by atoms with E-state index in [9.17, 15) is 4.79 Å². The molecule has 0 unspecified atom stereocenters. The van der Waals surface area contributed by atoms with E-state index in [-0.39, 0.29) is 11.3 Å². The first-order chi connectivity index (χ1) is 8.09. The third-order valence-corrected chi connectivity index (χ3v) is 4.18. The van der Waals surface area contributed by atoms with Gasteiger partial charge in [-0.15, -0.1) is 0 Å². The van der Waals surface area contributed by atoms with Gasteiger partial charge in [-0.3, -0.25) is 4.79 Å². The van der Waals surface area contributed by atoms with Gasteiger partial charge >= 0.3 is 0 Å². The fourth-order valence-corrected chi connectivity index (χ4v) is 2.43. The molecule has 1 saturated carbocycles. The van der Waals surface area contributed by atoms with Gasteiger partial charge in [0.05, 0.1) is 5.41 Å². The lowest BCUT2D eigenvalue weighted by atomic mass is 10.1. The standard InChI is InChI=1S/C13H17BrN2O/c1-16(12(17)13(9-15)6-7-13)8-10-4-2-3-5-11(10)14/h2-5H,6-9,15H2,1H3. The molecule has 17 heavy (non-hydrogen) atoms. The Morgan fingerprint density at radius 2 is 2.12 bits per heavy atom. The maximum Gasteiger partial charge on any atom is 0.230 e. The minimum absolute atomic E-state index is 0.177. The number of carbonyl (C=O) groups is 1. The molecule has 3 nitrogen and oxygen atoms in total. The quantitative estimate of drug-likeness (QED) is 0.925. The summed E-state index contributed by atoms with van der Waals surface area (Å²) in [4.78, 5) is 14.0. The molecule has 0 spiro atoms. The van der Waals surface area contributed by atoms with E-state index in [1.165, 1.54) is 0 Å². The van der Waals surface area contributed by atoms with Crippen molar-refractivity contribution in [3.05, 3.63) is 34.3 Å². The molecule has 1 aromatic carbocycles. The van der Waals surface area contributed by atoms with Crippen LogP contribution in [0.5, 0.6) is 0 Å². The van der Waals surface area contributed by atoms with E-state index in [4.69, 9.17) is 5.73 Å². The maximum atomic E-state index is 12.2. The highest BCUT2D eigenvalue weighted by molar-refractivity contribution is 9.10. The molecule has 2 rings (SSSR count). The van der Waals surface area contributed by atoms with Gasteiger partial charge in [-0.05, 0) is 24.5 Å². The Labute approximate surface area is 110 Å². The van der Waals surface area contributed by atoms with Crippen molar-refractivity contribution < 1.29 is 4.79 Å².